The standard InChI is InChI=1S/C22H23Cl2FN6S/c1-14-3-2-8-31(14)22-26-17(15-4-6-16(25)7-5-15)13-18(27-22)29-9-11-30(12-10-29)21-19(23)20(24)32-28-21/h4-7,13-14H,2-3,8-12H2,1H3. The number of benzene rings is 1. The molecule has 4 heterocycles. The molecule has 2 saturated heterocycles. The number of hydrogen-bond donors (Lipinski definition) is 0. The summed E-state index contributed by atoms with van der Waals surface area (Å²) in [6.07, 6.45) is 2.27. The minimum atomic E-state index is -0.256. The van der Waals surface area contributed by atoms with Gasteiger partial charge in [-0.2, -0.15) is 9.36 Å². The molecule has 2 aliphatic heterocycles. The van der Waals surface area contributed by atoms with Crippen LogP contribution in [0.25, 0.3) is 11.3 Å². The summed E-state index contributed by atoms with van der Waals surface area (Å²) < 4.78 is 18.4. The summed E-state index contributed by atoms with van der Waals surface area (Å²) in [5.41, 5.74) is 1.69. The van der Waals surface area contributed by atoms with Gasteiger partial charge in [0.2, 0.25) is 5.95 Å². The number of rotatable bonds is 4. The van der Waals surface area contributed by atoms with Crippen LogP contribution in [-0.4, -0.2) is 53.1 Å². The van der Waals surface area contributed by atoms with E-state index in [1.165, 1.54) is 23.7 Å². The fourth-order valence-corrected chi connectivity index (χ4v) is 5.35. The van der Waals surface area contributed by atoms with Crippen molar-refractivity contribution >= 4 is 52.3 Å². The molecule has 0 amide bonds. The fourth-order valence-electron chi connectivity index (χ4n) is 4.31. The monoisotopic (exact) mass is 492 g/mol. The van der Waals surface area contributed by atoms with E-state index in [1.807, 2.05) is 6.07 Å². The number of piperazine rings is 1. The third-order valence-corrected chi connectivity index (χ3v) is 7.73. The summed E-state index contributed by atoms with van der Waals surface area (Å²) in [6.45, 7) is 6.25. The molecule has 2 fully saturated rings. The van der Waals surface area contributed by atoms with Crippen LogP contribution in [0, 0.1) is 5.82 Å². The molecule has 5 rings (SSSR count). The quantitative estimate of drug-likeness (QED) is 0.488. The molecule has 0 N–H and O–H groups in total. The van der Waals surface area contributed by atoms with Crippen molar-refractivity contribution in [3.8, 4) is 11.3 Å². The zero-order valence-electron chi connectivity index (χ0n) is 17.6. The van der Waals surface area contributed by atoms with E-state index < -0.39 is 0 Å². The molecule has 0 bridgehead atoms. The summed E-state index contributed by atoms with van der Waals surface area (Å²) in [6, 6.07) is 8.88. The van der Waals surface area contributed by atoms with Crippen LogP contribution in [0.2, 0.25) is 9.36 Å². The lowest BCUT2D eigenvalue weighted by atomic mass is 10.1. The largest absolute Gasteiger partial charge is 0.353 e. The van der Waals surface area contributed by atoms with Crippen LogP contribution in [0.5, 0.6) is 0 Å². The molecule has 10 heteroatoms. The smallest absolute Gasteiger partial charge is 0.228 e. The van der Waals surface area contributed by atoms with Gasteiger partial charge >= 0.3 is 0 Å². The highest BCUT2D eigenvalue weighted by atomic mass is 35.5. The first-order valence-corrected chi connectivity index (χ1v) is 12.2. The Labute approximate surface area is 200 Å². The maximum Gasteiger partial charge on any atom is 0.228 e. The van der Waals surface area contributed by atoms with Gasteiger partial charge in [0.25, 0.3) is 0 Å². The lowest BCUT2D eigenvalue weighted by Crippen LogP contribution is -2.47. The average Bonchev–Trinajstić information content (AvgIpc) is 3.39. The van der Waals surface area contributed by atoms with Crippen LogP contribution in [0.1, 0.15) is 19.8 Å². The molecular weight excluding hydrogens is 470 g/mol. The first-order valence-electron chi connectivity index (χ1n) is 10.7. The van der Waals surface area contributed by atoms with Gasteiger partial charge < -0.3 is 14.7 Å². The highest BCUT2D eigenvalue weighted by Gasteiger charge is 2.27. The number of nitrogens with zero attached hydrogens (tertiary/aromatic N) is 6. The Morgan fingerprint density at radius 2 is 1.72 bits per heavy atom. The zero-order chi connectivity index (χ0) is 22.2. The van der Waals surface area contributed by atoms with E-state index in [0.29, 0.717) is 15.4 Å². The van der Waals surface area contributed by atoms with Crippen molar-refractivity contribution in [2.75, 3.05) is 47.4 Å². The normalized spacial score (nSPS) is 19.1. The lowest BCUT2D eigenvalue weighted by Gasteiger charge is -2.36. The number of anilines is 3. The van der Waals surface area contributed by atoms with Gasteiger partial charge in [-0.3, -0.25) is 0 Å². The molecule has 0 saturated carbocycles. The van der Waals surface area contributed by atoms with Crippen LogP contribution < -0.4 is 14.7 Å². The van der Waals surface area contributed by atoms with Crippen LogP contribution in [0.4, 0.5) is 22.0 Å². The molecule has 2 aromatic heterocycles. The second-order valence-electron chi connectivity index (χ2n) is 8.17. The lowest BCUT2D eigenvalue weighted by molar-refractivity contribution is 0.628. The summed E-state index contributed by atoms with van der Waals surface area (Å²) in [5, 5.41) is 0.524. The van der Waals surface area contributed by atoms with Crippen molar-refractivity contribution in [2.24, 2.45) is 0 Å². The topological polar surface area (TPSA) is 48.4 Å². The summed E-state index contributed by atoms with van der Waals surface area (Å²) in [5.74, 6) is 2.12. The zero-order valence-corrected chi connectivity index (χ0v) is 20.0. The molecule has 1 aromatic carbocycles. The third kappa shape index (κ3) is 4.23. The predicted octanol–water partition coefficient (Wildman–Crippen LogP) is 5.36. The molecular formula is C22H23Cl2FN6S. The first kappa shape index (κ1) is 21.7. The molecule has 32 heavy (non-hydrogen) atoms. The van der Waals surface area contributed by atoms with E-state index in [2.05, 4.69) is 26.0 Å². The van der Waals surface area contributed by atoms with E-state index in [1.54, 1.807) is 12.1 Å². The Balaban J connectivity index is 1.43. The van der Waals surface area contributed by atoms with Crippen molar-refractivity contribution in [3.05, 3.63) is 45.5 Å². The van der Waals surface area contributed by atoms with Gasteiger partial charge in [-0.25, -0.2) is 9.37 Å². The second-order valence-corrected chi connectivity index (χ2v) is 9.92. The van der Waals surface area contributed by atoms with Crippen molar-refractivity contribution in [1.82, 2.24) is 14.3 Å². The van der Waals surface area contributed by atoms with Crippen LogP contribution in [-0.2, 0) is 0 Å². The van der Waals surface area contributed by atoms with Crippen LogP contribution in [0.3, 0.4) is 0 Å². The van der Waals surface area contributed by atoms with E-state index in [4.69, 9.17) is 33.2 Å². The summed E-state index contributed by atoms with van der Waals surface area (Å²) in [4.78, 5) is 16.5. The van der Waals surface area contributed by atoms with Crippen molar-refractivity contribution in [1.29, 1.82) is 0 Å². The highest BCUT2D eigenvalue weighted by Crippen LogP contribution is 2.36. The molecule has 3 aromatic rings. The van der Waals surface area contributed by atoms with E-state index in [0.717, 1.165) is 74.4 Å². The Bertz CT molecular complexity index is 1100. The average molecular weight is 493 g/mol. The predicted molar refractivity (Wildman–Crippen MR) is 130 cm³/mol. The van der Waals surface area contributed by atoms with Gasteiger partial charge in [-0.1, -0.05) is 23.2 Å². The summed E-state index contributed by atoms with van der Waals surface area (Å²) >= 11 is 13.6. The third-order valence-electron chi connectivity index (χ3n) is 6.14. The molecule has 0 radical (unpaired) electrons. The molecule has 0 spiro atoms. The van der Waals surface area contributed by atoms with Crippen molar-refractivity contribution in [3.63, 3.8) is 0 Å². The highest BCUT2D eigenvalue weighted by molar-refractivity contribution is 7.11. The first-order chi connectivity index (χ1) is 15.5. The van der Waals surface area contributed by atoms with E-state index in [-0.39, 0.29) is 5.82 Å². The van der Waals surface area contributed by atoms with Crippen molar-refractivity contribution < 1.29 is 4.39 Å². The number of halogens is 3. The number of aromatic nitrogens is 3. The molecule has 168 valence electrons. The minimum absolute atomic E-state index is 0.256. The Hall–Kier alpha value is -2.16. The fraction of sp³-hybridized carbons (Fsp3) is 0.409. The van der Waals surface area contributed by atoms with E-state index in [9.17, 15) is 4.39 Å². The van der Waals surface area contributed by atoms with Crippen molar-refractivity contribution in [2.45, 2.75) is 25.8 Å². The molecule has 1 unspecified atom stereocenters. The van der Waals surface area contributed by atoms with Gasteiger partial charge in [0.15, 0.2) is 5.82 Å². The van der Waals surface area contributed by atoms with Gasteiger partial charge in [-0.05, 0) is 55.6 Å². The maximum atomic E-state index is 13.5. The number of hydrogen-bond acceptors (Lipinski definition) is 7. The Kier molecular flexibility index (Phi) is 6.09. The van der Waals surface area contributed by atoms with Gasteiger partial charge in [0, 0.05) is 50.4 Å². The maximum absolute atomic E-state index is 13.5. The molecule has 2 aliphatic rings. The Morgan fingerprint density at radius 1 is 1.00 bits per heavy atom. The second kappa shape index (κ2) is 9.00. The minimum Gasteiger partial charge on any atom is -0.353 e. The molecule has 6 nitrogen and oxygen atoms in total. The van der Waals surface area contributed by atoms with E-state index >= 15 is 0 Å². The van der Waals surface area contributed by atoms with Gasteiger partial charge in [0.1, 0.15) is 21.0 Å². The SMILES string of the molecule is CC1CCCN1c1nc(-c2ccc(F)cc2)cc(N2CCN(c3nsc(Cl)c3Cl)CC2)n1. The Morgan fingerprint density at radius 3 is 2.34 bits per heavy atom. The molecule has 0 aliphatic carbocycles. The molecule has 1 atom stereocenters. The van der Waals surface area contributed by atoms with Gasteiger partial charge in [0.05, 0.1) is 5.69 Å². The van der Waals surface area contributed by atoms with Crippen LogP contribution in [0.15, 0.2) is 30.3 Å². The summed E-state index contributed by atoms with van der Waals surface area (Å²) in [7, 11) is 0. The van der Waals surface area contributed by atoms with Gasteiger partial charge in [-0.15, -0.1) is 0 Å². The van der Waals surface area contributed by atoms with Crippen LogP contribution >= 0.6 is 34.7 Å².